The Morgan fingerprint density at radius 3 is 2.66 bits per heavy atom. The highest BCUT2D eigenvalue weighted by atomic mass is 16.5. The van der Waals surface area contributed by atoms with Crippen molar-refractivity contribution in [1.29, 1.82) is 0 Å². The zero-order valence-corrected chi connectivity index (χ0v) is 16.3. The number of nitrogens with one attached hydrogen (secondary N) is 2. The van der Waals surface area contributed by atoms with Gasteiger partial charge in [-0.05, 0) is 62.4 Å². The van der Waals surface area contributed by atoms with E-state index in [2.05, 4.69) is 20.1 Å². The number of H-pyrrole nitrogens is 2. The third-order valence-corrected chi connectivity index (χ3v) is 6.11. The quantitative estimate of drug-likeness (QED) is 0.494. The molecule has 1 fully saturated rings. The van der Waals surface area contributed by atoms with E-state index in [1.807, 2.05) is 44.2 Å². The van der Waals surface area contributed by atoms with Crippen molar-refractivity contribution in [2.45, 2.75) is 38.7 Å². The first-order chi connectivity index (χ1) is 14.0. The van der Waals surface area contributed by atoms with Crippen molar-refractivity contribution >= 4 is 11.0 Å². The number of benzene rings is 1. The molecule has 0 aliphatic heterocycles. The van der Waals surface area contributed by atoms with Gasteiger partial charge in [0.05, 0.1) is 22.4 Å². The zero-order valence-electron chi connectivity index (χ0n) is 16.3. The summed E-state index contributed by atoms with van der Waals surface area (Å²) in [6, 6.07) is 9.38. The van der Waals surface area contributed by atoms with E-state index < -0.39 is 5.60 Å². The van der Waals surface area contributed by atoms with Gasteiger partial charge >= 0.3 is 5.69 Å². The number of rotatable bonds is 4. The fourth-order valence-corrected chi connectivity index (χ4v) is 4.46. The van der Waals surface area contributed by atoms with Gasteiger partial charge in [0, 0.05) is 17.3 Å². The molecular formula is C22H22N4O3. The summed E-state index contributed by atoms with van der Waals surface area (Å²) in [7, 11) is 0. The van der Waals surface area contributed by atoms with Crippen LogP contribution in [0.25, 0.3) is 22.2 Å². The number of aryl methyl sites for hydroxylation is 2. The van der Waals surface area contributed by atoms with Crippen LogP contribution < -0.4 is 5.69 Å². The average molecular weight is 390 g/mol. The molecule has 4 aromatic rings. The molecule has 7 heteroatoms. The second-order valence-electron chi connectivity index (χ2n) is 7.83. The standard InChI is InChI=1S/C22H22N4O3/c1-12-19(13(2)29-26-12)14-10-16(20-17(11-14)24-21(27)25-20)22(28,15-6-5-7-15)18-8-3-4-9-23-18/h3-4,8-11,15,28H,5-7H2,1-2H3,(H2,24,25,27). The number of nitrogens with zero attached hydrogens (tertiary/aromatic N) is 2. The van der Waals surface area contributed by atoms with Crippen LogP contribution in [0.2, 0.25) is 0 Å². The summed E-state index contributed by atoms with van der Waals surface area (Å²) in [5.41, 5.74) is 3.32. The molecule has 29 heavy (non-hydrogen) atoms. The lowest BCUT2D eigenvalue weighted by Gasteiger charge is -2.41. The topological polar surface area (TPSA) is 108 Å². The Morgan fingerprint density at radius 1 is 1.21 bits per heavy atom. The number of aliphatic hydroxyl groups is 1. The molecule has 0 amide bonds. The van der Waals surface area contributed by atoms with Crippen molar-refractivity contribution in [3.63, 3.8) is 0 Å². The Kier molecular flexibility index (Phi) is 3.96. The summed E-state index contributed by atoms with van der Waals surface area (Å²) in [4.78, 5) is 22.4. The highest BCUT2D eigenvalue weighted by molar-refractivity contribution is 5.87. The minimum atomic E-state index is -1.31. The Bertz CT molecular complexity index is 1230. The van der Waals surface area contributed by atoms with Gasteiger partial charge in [-0.15, -0.1) is 0 Å². The SMILES string of the molecule is Cc1noc(C)c1-c1cc(C(O)(c2ccccn2)C2CCC2)c2[nH]c(=O)[nH]c2c1. The minimum absolute atomic E-state index is 0.0268. The molecule has 5 rings (SSSR count). The predicted molar refractivity (Wildman–Crippen MR) is 108 cm³/mol. The van der Waals surface area contributed by atoms with Crippen LogP contribution in [-0.4, -0.2) is 25.2 Å². The first-order valence-corrected chi connectivity index (χ1v) is 9.82. The number of hydrogen-bond acceptors (Lipinski definition) is 5. The van der Waals surface area contributed by atoms with Gasteiger partial charge in [-0.25, -0.2) is 4.79 Å². The van der Waals surface area contributed by atoms with E-state index in [1.54, 1.807) is 6.20 Å². The third-order valence-electron chi connectivity index (χ3n) is 6.11. The second-order valence-corrected chi connectivity index (χ2v) is 7.83. The summed E-state index contributed by atoms with van der Waals surface area (Å²) in [5, 5.41) is 16.2. The molecule has 1 unspecified atom stereocenters. The molecule has 0 saturated heterocycles. The van der Waals surface area contributed by atoms with Crippen molar-refractivity contribution in [1.82, 2.24) is 20.1 Å². The van der Waals surface area contributed by atoms with Crippen LogP contribution in [0, 0.1) is 19.8 Å². The lowest BCUT2D eigenvalue weighted by atomic mass is 9.67. The monoisotopic (exact) mass is 390 g/mol. The molecule has 1 saturated carbocycles. The van der Waals surface area contributed by atoms with Gasteiger partial charge in [-0.1, -0.05) is 17.6 Å². The Balaban J connectivity index is 1.84. The van der Waals surface area contributed by atoms with Crippen LogP contribution in [0.1, 0.15) is 42.0 Å². The molecule has 3 aromatic heterocycles. The minimum Gasteiger partial charge on any atom is -0.378 e. The molecule has 1 atom stereocenters. The molecular weight excluding hydrogens is 368 g/mol. The number of aromatic nitrogens is 4. The van der Waals surface area contributed by atoms with Crippen LogP contribution in [0.15, 0.2) is 45.8 Å². The van der Waals surface area contributed by atoms with E-state index in [0.29, 0.717) is 28.1 Å². The number of hydrogen-bond donors (Lipinski definition) is 3. The summed E-state index contributed by atoms with van der Waals surface area (Å²) < 4.78 is 5.35. The molecule has 3 heterocycles. The maximum atomic E-state index is 12.2. The number of aromatic amines is 2. The molecule has 3 N–H and O–H groups in total. The lowest BCUT2D eigenvalue weighted by Crippen LogP contribution is -2.41. The molecule has 1 aliphatic rings. The predicted octanol–water partition coefficient (Wildman–Crippen LogP) is 3.56. The fourth-order valence-electron chi connectivity index (χ4n) is 4.46. The Hall–Kier alpha value is -3.19. The van der Waals surface area contributed by atoms with Crippen molar-refractivity contribution in [3.05, 3.63) is 69.7 Å². The van der Waals surface area contributed by atoms with Gasteiger partial charge in [-0.3, -0.25) is 4.98 Å². The van der Waals surface area contributed by atoms with Gasteiger partial charge in [0.25, 0.3) is 0 Å². The Morgan fingerprint density at radius 2 is 2.03 bits per heavy atom. The molecule has 1 aromatic carbocycles. The van der Waals surface area contributed by atoms with E-state index in [1.165, 1.54) is 0 Å². The van der Waals surface area contributed by atoms with Crippen LogP contribution >= 0.6 is 0 Å². The second kappa shape index (κ2) is 6.42. The van der Waals surface area contributed by atoms with Crippen LogP contribution in [0.3, 0.4) is 0 Å². The summed E-state index contributed by atoms with van der Waals surface area (Å²) >= 11 is 0. The molecule has 1 aliphatic carbocycles. The summed E-state index contributed by atoms with van der Waals surface area (Å²) in [5.74, 6) is 0.717. The van der Waals surface area contributed by atoms with Crippen molar-refractivity contribution < 1.29 is 9.63 Å². The molecule has 148 valence electrons. The summed E-state index contributed by atoms with van der Waals surface area (Å²) in [6.45, 7) is 3.74. The number of fused-ring (bicyclic) bond motifs is 1. The lowest BCUT2D eigenvalue weighted by molar-refractivity contribution is -0.0223. The highest BCUT2D eigenvalue weighted by Gasteiger charge is 2.45. The number of pyridine rings is 1. The van der Waals surface area contributed by atoms with Gasteiger partial charge in [0.15, 0.2) is 0 Å². The Labute approximate surface area is 166 Å². The van der Waals surface area contributed by atoms with E-state index in [4.69, 9.17) is 4.52 Å². The smallest absolute Gasteiger partial charge is 0.323 e. The van der Waals surface area contributed by atoms with E-state index in [9.17, 15) is 9.90 Å². The van der Waals surface area contributed by atoms with Gasteiger partial charge in [0.2, 0.25) is 0 Å². The van der Waals surface area contributed by atoms with Gasteiger partial charge in [0.1, 0.15) is 11.4 Å². The van der Waals surface area contributed by atoms with Crippen LogP contribution in [0.4, 0.5) is 0 Å². The van der Waals surface area contributed by atoms with Crippen molar-refractivity contribution in [2.24, 2.45) is 5.92 Å². The van der Waals surface area contributed by atoms with Crippen LogP contribution in [0.5, 0.6) is 0 Å². The molecule has 0 spiro atoms. The average Bonchev–Trinajstić information content (AvgIpc) is 3.20. The largest absolute Gasteiger partial charge is 0.378 e. The maximum absolute atomic E-state index is 12.2. The van der Waals surface area contributed by atoms with Crippen molar-refractivity contribution in [2.75, 3.05) is 0 Å². The maximum Gasteiger partial charge on any atom is 0.323 e. The first kappa shape index (κ1) is 17.9. The van der Waals surface area contributed by atoms with E-state index in [-0.39, 0.29) is 11.6 Å². The fraction of sp³-hybridized carbons (Fsp3) is 0.318. The number of imidazole rings is 1. The molecule has 0 bridgehead atoms. The molecule has 0 radical (unpaired) electrons. The van der Waals surface area contributed by atoms with Crippen molar-refractivity contribution in [3.8, 4) is 11.1 Å². The molecule has 7 nitrogen and oxygen atoms in total. The van der Waals surface area contributed by atoms with E-state index >= 15 is 0 Å². The first-order valence-electron chi connectivity index (χ1n) is 9.82. The third kappa shape index (κ3) is 2.65. The van der Waals surface area contributed by atoms with E-state index in [0.717, 1.165) is 36.1 Å². The highest BCUT2D eigenvalue weighted by Crippen LogP contribution is 2.48. The normalized spacial score (nSPS) is 16.7. The van der Waals surface area contributed by atoms with Gasteiger partial charge < -0.3 is 19.6 Å². The van der Waals surface area contributed by atoms with Crippen LogP contribution in [-0.2, 0) is 5.60 Å². The van der Waals surface area contributed by atoms with Gasteiger partial charge in [-0.2, -0.15) is 0 Å². The summed E-state index contributed by atoms with van der Waals surface area (Å²) in [6.07, 6.45) is 4.56. The zero-order chi connectivity index (χ0) is 20.2.